The molecule has 6 nitrogen and oxygen atoms in total. The fourth-order valence-electron chi connectivity index (χ4n) is 1.22. The summed E-state index contributed by atoms with van der Waals surface area (Å²) >= 11 is 1.47. The van der Waals surface area contributed by atoms with Crippen LogP contribution < -0.4 is 4.74 Å². The summed E-state index contributed by atoms with van der Waals surface area (Å²) in [6.07, 6.45) is 1.92. The van der Waals surface area contributed by atoms with Crippen molar-refractivity contribution in [1.29, 1.82) is 0 Å². The van der Waals surface area contributed by atoms with E-state index in [0.717, 1.165) is 5.69 Å². The molecule has 7 heteroatoms. The SMILES string of the molecule is CSc1nc(C)cc(OCc2noc(C)n2)n1. The third-order valence-electron chi connectivity index (χ3n) is 1.91. The van der Waals surface area contributed by atoms with Gasteiger partial charge in [0.05, 0.1) is 0 Å². The van der Waals surface area contributed by atoms with E-state index in [9.17, 15) is 0 Å². The van der Waals surface area contributed by atoms with E-state index in [0.29, 0.717) is 22.8 Å². The molecule has 0 saturated carbocycles. The maximum atomic E-state index is 5.48. The normalized spacial score (nSPS) is 10.5. The van der Waals surface area contributed by atoms with Crippen LogP contribution in [-0.2, 0) is 6.61 Å². The summed E-state index contributed by atoms with van der Waals surface area (Å²) in [7, 11) is 0. The van der Waals surface area contributed by atoms with Crippen molar-refractivity contribution in [2.24, 2.45) is 0 Å². The Bertz CT molecular complexity index is 515. The number of nitrogens with zero attached hydrogens (tertiary/aromatic N) is 4. The molecule has 0 spiro atoms. The summed E-state index contributed by atoms with van der Waals surface area (Å²) in [6.45, 7) is 3.87. The quantitative estimate of drug-likeness (QED) is 0.606. The van der Waals surface area contributed by atoms with Crippen LogP contribution in [-0.4, -0.2) is 26.4 Å². The second-order valence-corrected chi connectivity index (χ2v) is 4.13. The van der Waals surface area contributed by atoms with Gasteiger partial charge in [0.2, 0.25) is 17.6 Å². The highest BCUT2D eigenvalue weighted by Crippen LogP contribution is 2.16. The van der Waals surface area contributed by atoms with Crippen molar-refractivity contribution in [3.63, 3.8) is 0 Å². The Labute approximate surface area is 103 Å². The van der Waals surface area contributed by atoms with Crippen LogP contribution in [0.3, 0.4) is 0 Å². The molecule has 0 fully saturated rings. The minimum atomic E-state index is 0.238. The molecule has 2 rings (SSSR count). The van der Waals surface area contributed by atoms with Crippen molar-refractivity contribution in [2.45, 2.75) is 25.6 Å². The lowest BCUT2D eigenvalue weighted by molar-refractivity contribution is 0.272. The molecule has 0 aliphatic rings. The van der Waals surface area contributed by atoms with Gasteiger partial charge in [0.25, 0.3) is 0 Å². The molecule has 0 N–H and O–H groups in total. The molecule has 0 aliphatic heterocycles. The Hall–Kier alpha value is -1.63. The second kappa shape index (κ2) is 5.13. The Morgan fingerprint density at radius 2 is 2.12 bits per heavy atom. The topological polar surface area (TPSA) is 73.9 Å². The predicted octanol–water partition coefficient (Wildman–Crippen LogP) is 1.78. The van der Waals surface area contributed by atoms with Crippen LogP contribution in [0.1, 0.15) is 17.4 Å². The lowest BCUT2D eigenvalue weighted by Gasteiger charge is -2.04. The van der Waals surface area contributed by atoms with Crippen LogP contribution >= 0.6 is 11.8 Å². The highest BCUT2D eigenvalue weighted by molar-refractivity contribution is 7.98. The van der Waals surface area contributed by atoms with Crippen LogP contribution in [0.2, 0.25) is 0 Å². The standard InChI is InChI=1S/C10H12N4O2S/c1-6-4-9(13-10(11-6)17-3)15-5-8-12-7(2)16-14-8/h4H,5H2,1-3H3. The van der Waals surface area contributed by atoms with E-state index in [1.807, 2.05) is 13.2 Å². The van der Waals surface area contributed by atoms with Crippen molar-refractivity contribution < 1.29 is 9.26 Å². The average Bonchev–Trinajstić information content (AvgIpc) is 2.72. The Kier molecular flexibility index (Phi) is 3.58. The minimum absolute atomic E-state index is 0.238. The van der Waals surface area contributed by atoms with Gasteiger partial charge in [-0.25, -0.2) is 4.98 Å². The molecule has 0 radical (unpaired) electrons. The number of hydrogen-bond acceptors (Lipinski definition) is 7. The minimum Gasteiger partial charge on any atom is -0.469 e. The van der Waals surface area contributed by atoms with Gasteiger partial charge in [0, 0.05) is 18.7 Å². The number of thioether (sulfide) groups is 1. The van der Waals surface area contributed by atoms with Crippen molar-refractivity contribution in [3.8, 4) is 5.88 Å². The van der Waals surface area contributed by atoms with Crippen molar-refractivity contribution in [1.82, 2.24) is 20.1 Å². The molecule has 0 unspecified atom stereocenters. The summed E-state index contributed by atoms with van der Waals surface area (Å²) in [6, 6.07) is 1.77. The molecule has 0 aliphatic carbocycles. The van der Waals surface area contributed by atoms with Crippen molar-refractivity contribution in [2.75, 3.05) is 6.26 Å². The lowest BCUT2D eigenvalue weighted by Crippen LogP contribution is -2.01. The van der Waals surface area contributed by atoms with E-state index in [-0.39, 0.29) is 6.61 Å². The van der Waals surface area contributed by atoms with Crippen LogP contribution in [0.4, 0.5) is 0 Å². The fraction of sp³-hybridized carbons (Fsp3) is 0.400. The lowest BCUT2D eigenvalue weighted by atomic mass is 10.4. The van der Waals surface area contributed by atoms with Gasteiger partial charge < -0.3 is 9.26 Å². The van der Waals surface area contributed by atoms with Crippen LogP contribution in [0, 0.1) is 13.8 Å². The average molecular weight is 252 g/mol. The number of aromatic nitrogens is 4. The Morgan fingerprint density at radius 3 is 2.76 bits per heavy atom. The van der Waals surface area contributed by atoms with Gasteiger partial charge >= 0.3 is 0 Å². The van der Waals surface area contributed by atoms with Crippen LogP contribution in [0.15, 0.2) is 15.7 Å². The molecule has 0 saturated heterocycles. The summed E-state index contributed by atoms with van der Waals surface area (Å²) < 4.78 is 10.3. The van der Waals surface area contributed by atoms with Gasteiger partial charge in [0.15, 0.2) is 11.8 Å². The van der Waals surface area contributed by atoms with E-state index >= 15 is 0 Å². The Morgan fingerprint density at radius 1 is 1.29 bits per heavy atom. The van der Waals surface area contributed by atoms with E-state index in [4.69, 9.17) is 9.26 Å². The molecule has 0 amide bonds. The van der Waals surface area contributed by atoms with Crippen molar-refractivity contribution >= 4 is 11.8 Å². The second-order valence-electron chi connectivity index (χ2n) is 3.35. The van der Waals surface area contributed by atoms with Gasteiger partial charge in [0.1, 0.15) is 0 Å². The zero-order valence-electron chi connectivity index (χ0n) is 9.80. The molecule has 0 aromatic carbocycles. The molecular formula is C10H12N4O2S. The molecule has 0 bridgehead atoms. The first kappa shape index (κ1) is 11.8. The summed E-state index contributed by atoms with van der Waals surface area (Å²) in [5.41, 5.74) is 0.864. The molecule has 17 heavy (non-hydrogen) atoms. The Balaban J connectivity index is 2.05. The molecule has 2 aromatic rings. The third-order valence-corrected chi connectivity index (χ3v) is 2.46. The van der Waals surface area contributed by atoms with Gasteiger partial charge in [-0.1, -0.05) is 16.9 Å². The molecule has 90 valence electrons. The first-order valence-electron chi connectivity index (χ1n) is 4.99. The molecular weight excluding hydrogens is 240 g/mol. The van der Waals surface area contributed by atoms with Gasteiger partial charge in [-0.2, -0.15) is 9.97 Å². The molecule has 0 atom stereocenters. The third kappa shape index (κ3) is 3.16. The number of hydrogen-bond donors (Lipinski definition) is 0. The highest BCUT2D eigenvalue weighted by atomic mass is 32.2. The largest absolute Gasteiger partial charge is 0.469 e. The molecule has 2 aromatic heterocycles. The maximum Gasteiger partial charge on any atom is 0.223 e. The smallest absolute Gasteiger partial charge is 0.223 e. The zero-order valence-corrected chi connectivity index (χ0v) is 10.6. The highest BCUT2D eigenvalue weighted by Gasteiger charge is 2.06. The summed E-state index contributed by atoms with van der Waals surface area (Å²) in [5, 5.41) is 4.42. The van der Waals surface area contributed by atoms with E-state index in [1.165, 1.54) is 11.8 Å². The van der Waals surface area contributed by atoms with Crippen molar-refractivity contribution in [3.05, 3.63) is 23.5 Å². The fourth-order valence-corrected chi connectivity index (χ4v) is 1.63. The van der Waals surface area contributed by atoms with Gasteiger partial charge in [-0.3, -0.25) is 0 Å². The number of aryl methyl sites for hydroxylation is 2. The van der Waals surface area contributed by atoms with Gasteiger partial charge in [-0.05, 0) is 13.2 Å². The zero-order chi connectivity index (χ0) is 12.3. The maximum absolute atomic E-state index is 5.48. The van der Waals surface area contributed by atoms with Crippen LogP contribution in [0.5, 0.6) is 5.88 Å². The first-order valence-corrected chi connectivity index (χ1v) is 6.21. The molecule has 2 heterocycles. The predicted molar refractivity (Wildman–Crippen MR) is 61.9 cm³/mol. The van der Waals surface area contributed by atoms with Crippen LogP contribution in [0.25, 0.3) is 0 Å². The van der Waals surface area contributed by atoms with E-state index < -0.39 is 0 Å². The van der Waals surface area contributed by atoms with E-state index in [2.05, 4.69) is 20.1 Å². The van der Waals surface area contributed by atoms with Gasteiger partial charge in [-0.15, -0.1) is 0 Å². The number of ether oxygens (including phenoxy) is 1. The summed E-state index contributed by atoms with van der Waals surface area (Å²) in [5.74, 6) is 1.54. The van der Waals surface area contributed by atoms with E-state index in [1.54, 1.807) is 13.0 Å². The first-order chi connectivity index (χ1) is 8.17. The number of rotatable bonds is 4. The summed E-state index contributed by atoms with van der Waals surface area (Å²) in [4.78, 5) is 12.5. The monoisotopic (exact) mass is 252 g/mol.